The summed E-state index contributed by atoms with van der Waals surface area (Å²) in [5, 5.41) is 3.03. The van der Waals surface area contributed by atoms with Crippen LogP contribution in [0.2, 0.25) is 0 Å². The van der Waals surface area contributed by atoms with Crippen LogP contribution in [0.1, 0.15) is 37.3 Å². The Morgan fingerprint density at radius 2 is 1.70 bits per heavy atom. The third-order valence-corrected chi connectivity index (χ3v) is 5.85. The fraction of sp³-hybridized carbons (Fsp3) is 0.417. The summed E-state index contributed by atoms with van der Waals surface area (Å²) in [6, 6.07) is 17.9. The number of benzene rings is 2. The van der Waals surface area contributed by atoms with Crippen molar-refractivity contribution in [2.45, 2.75) is 31.7 Å². The highest BCUT2D eigenvalue weighted by atomic mass is 16.5. The monoisotopic (exact) mass is 407 g/mol. The fourth-order valence-corrected chi connectivity index (χ4v) is 4.24. The van der Waals surface area contributed by atoms with Crippen molar-refractivity contribution in [2.24, 2.45) is 0 Å². The second kappa shape index (κ2) is 9.76. The van der Waals surface area contributed by atoms with Gasteiger partial charge in [0.25, 0.3) is 5.91 Å². The maximum Gasteiger partial charge on any atom is 0.258 e. The van der Waals surface area contributed by atoms with Crippen LogP contribution in [-0.2, 0) is 9.59 Å². The van der Waals surface area contributed by atoms with E-state index in [0.29, 0.717) is 18.7 Å². The number of amides is 2. The van der Waals surface area contributed by atoms with E-state index in [-0.39, 0.29) is 24.5 Å². The number of rotatable bonds is 8. The molecule has 0 radical (unpaired) electrons. The summed E-state index contributed by atoms with van der Waals surface area (Å²) in [6.45, 7) is 3.45. The van der Waals surface area contributed by atoms with Crippen LogP contribution in [-0.4, -0.2) is 49.5 Å². The van der Waals surface area contributed by atoms with Crippen molar-refractivity contribution in [1.82, 2.24) is 10.2 Å². The third kappa shape index (κ3) is 5.00. The molecule has 0 saturated carbocycles. The standard InChI is InChI=1S/C24H29N3O3/c28-23(18-30-21-12-10-20(11-13-21)27-16-6-9-24(27)29)25-17-22(26-14-4-5-15-26)19-7-2-1-3-8-19/h1-3,7-8,10-13,22H,4-6,9,14-18H2,(H,25,28)/t22-/m0/s1. The molecule has 2 amide bonds. The predicted octanol–water partition coefficient (Wildman–Crippen LogP) is 3.15. The van der Waals surface area contributed by atoms with Gasteiger partial charge in [0.05, 0.1) is 6.04 Å². The van der Waals surface area contributed by atoms with Crippen LogP contribution in [0, 0.1) is 0 Å². The Morgan fingerprint density at radius 1 is 0.967 bits per heavy atom. The number of anilines is 1. The first-order valence-corrected chi connectivity index (χ1v) is 10.8. The van der Waals surface area contributed by atoms with E-state index in [1.807, 2.05) is 42.5 Å². The smallest absolute Gasteiger partial charge is 0.258 e. The average molecular weight is 408 g/mol. The van der Waals surface area contributed by atoms with E-state index in [4.69, 9.17) is 4.74 Å². The molecule has 2 heterocycles. The zero-order valence-electron chi connectivity index (χ0n) is 17.3. The Kier molecular flexibility index (Phi) is 6.64. The summed E-state index contributed by atoms with van der Waals surface area (Å²) in [5.41, 5.74) is 2.11. The van der Waals surface area contributed by atoms with Crippen molar-refractivity contribution in [2.75, 3.05) is 37.7 Å². The van der Waals surface area contributed by atoms with E-state index in [1.165, 1.54) is 18.4 Å². The molecule has 0 spiro atoms. The maximum atomic E-state index is 12.4. The van der Waals surface area contributed by atoms with E-state index < -0.39 is 0 Å². The minimum Gasteiger partial charge on any atom is -0.484 e. The van der Waals surface area contributed by atoms with Crippen molar-refractivity contribution >= 4 is 17.5 Å². The molecule has 6 heteroatoms. The number of carbonyl (C=O) groups is 2. The highest BCUT2D eigenvalue weighted by Gasteiger charge is 2.24. The van der Waals surface area contributed by atoms with Crippen molar-refractivity contribution in [1.29, 1.82) is 0 Å². The second-order valence-corrected chi connectivity index (χ2v) is 7.91. The molecule has 1 N–H and O–H groups in total. The Labute approximate surface area is 177 Å². The summed E-state index contributed by atoms with van der Waals surface area (Å²) < 4.78 is 5.65. The summed E-state index contributed by atoms with van der Waals surface area (Å²) in [5.74, 6) is 0.655. The molecule has 4 rings (SSSR count). The molecular formula is C24H29N3O3. The highest BCUT2D eigenvalue weighted by molar-refractivity contribution is 5.95. The predicted molar refractivity (Wildman–Crippen MR) is 117 cm³/mol. The minimum absolute atomic E-state index is 0.0243. The molecule has 0 aliphatic carbocycles. The van der Waals surface area contributed by atoms with Crippen LogP contribution in [0.5, 0.6) is 5.75 Å². The average Bonchev–Trinajstić information content (AvgIpc) is 3.46. The van der Waals surface area contributed by atoms with Gasteiger partial charge in [0.2, 0.25) is 5.91 Å². The van der Waals surface area contributed by atoms with Gasteiger partial charge in [-0.1, -0.05) is 30.3 Å². The lowest BCUT2D eigenvalue weighted by molar-refractivity contribution is -0.123. The van der Waals surface area contributed by atoms with Crippen LogP contribution in [0.25, 0.3) is 0 Å². The number of carbonyl (C=O) groups excluding carboxylic acids is 2. The first kappa shape index (κ1) is 20.4. The van der Waals surface area contributed by atoms with Gasteiger partial charge in [-0.2, -0.15) is 0 Å². The minimum atomic E-state index is -0.131. The van der Waals surface area contributed by atoms with E-state index >= 15 is 0 Å². The van der Waals surface area contributed by atoms with Gasteiger partial charge in [-0.25, -0.2) is 0 Å². The van der Waals surface area contributed by atoms with Crippen LogP contribution in [0.4, 0.5) is 5.69 Å². The van der Waals surface area contributed by atoms with Gasteiger partial charge in [0.1, 0.15) is 5.75 Å². The lowest BCUT2D eigenvalue weighted by Gasteiger charge is -2.28. The van der Waals surface area contributed by atoms with Crippen LogP contribution >= 0.6 is 0 Å². The number of nitrogens with one attached hydrogen (secondary N) is 1. The molecule has 2 aliphatic heterocycles. The van der Waals surface area contributed by atoms with Gasteiger partial charge in [0, 0.05) is 25.2 Å². The van der Waals surface area contributed by atoms with E-state index in [2.05, 4.69) is 22.3 Å². The number of likely N-dealkylation sites (tertiary alicyclic amines) is 1. The molecule has 0 bridgehead atoms. The Morgan fingerprint density at radius 3 is 2.37 bits per heavy atom. The molecule has 0 aromatic heterocycles. The van der Waals surface area contributed by atoms with Crippen LogP contribution < -0.4 is 15.0 Å². The normalized spacial score (nSPS) is 17.9. The number of hydrogen-bond donors (Lipinski definition) is 1. The summed E-state index contributed by atoms with van der Waals surface area (Å²) >= 11 is 0. The van der Waals surface area contributed by atoms with Crippen molar-refractivity contribution < 1.29 is 14.3 Å². The summed E-state index contributed by atoms with van der Waals surface area (Å²) in [4.78, 5) is 28.4. The van der Waals surface area contributed by atoms with Gasteiger partial charge in [-0.15, -0.1) is 0 Å². The van der Waals surface area contributed by atoms with E-state index in [0.717, 1.165) is 31.7 Å². The number of nitrogens with zero attached hydrogens (tertiary/aromatic N) is 2. The molecule has 30 heavy (non-hydrogen) atoms. The molecule has 158 valence electrons. The Bertz CT molecular complexity index is 848. The van der Waals surface area contributed by atoms with Gasteiger partial charge >= 0.3 is 0 Å². The Hall–Kier alpha value is -2.86. The SMILES string of the molecule is O=C(COc1ccc(N2CCCC2=O)cc1)NC[C@@H](c1ccccc1)N1CCCC1. The topological polar surface area (TPSA) is 61.9 Å². The molecule has 1 atom stereocenters. The van der Waals surface area contributed by atoms with Crippen LogP contribution in [0.3, 0.4) is 0 Å². The van der Waals surface area contributed by atoms with Crippen molar-refractivity contribution in [3.63, 3.8) is 0 Å². The first-order chi connectivity index (χ1) is 14.7. The van der Waals surface area contributed by atoms with Gasteiger partial charge in [0.15, 0.2) is 6.61 Å². The second-order valence-electron chi connectivity index (χ2n) is 7.91. The quantitative estimate of drug-likeness (QED) is 0.730. The number of hydrogen-bond acceptors (Lipinski definition) is 4. The number of ether oxygens (including phenoxy) is 1. The van der Waals surface area contributed by atoms with Crippen molar-refractivity contribution in [3.05, 3.63) is 60.2 Å². The molecule has 6 nitrogen and oxygen atoms in total. The molecule has 2 aromatic carbocycles. The molecule has 0 unspecified atom stereocenters. The first-order valence-electron chi connectivity index (χ1n) is 10.8. The summed E-state index contributed by atoms with van der Waals surface area (Å²) in [7, 11) is 0. The summed E-state index contributed by atoms with van der Waals surface area (Å²) in [6.07, 6.45) is 3.93. The molecule has 2 aromatic rings. The third-order valence-electron chi connectivity index (χ3n) is 5.85. The lowest BCUT2D eigenvalue weighted by Crippen LogP contribution is -2.38. The fourth-order valence-electron chi connectivity index (χ4n) is 4.24. The largest absolute Gasteiger partial charge is 0.484 e. The van der Waals surface area contributed by atoms with Gasteiger partial charge in [-0.3, -0.25) is 14.5 Å². The van der Waals surface area contributed by atoms with Gasteiger partial charge < -0.3 is 15.0 Å². The molecule has 2 saturated heterocycles. The zero-order valence-corrected chi connectivity index (χ0v) is 17.3. The van der Waals surface area contributed by atoms with E-state index in [9.17, 15) is 9.59 Å². The zero-order chi connectivity index (χ0) is 20.8. The van der Waals surface area contributed by atoms with Gasteiger partial charge in [-0.05, 0) is 62.2 Å². The molecule has 2 aliphatic rings. The van der Waals surface area contributed by atoms with Crippen LogP contribution in [0.15, 0.2) is 54.6 Å². The van der Waals surface area contributed by atoms with Crippen molar-refractivity contribution in [3.8, 4) is 5.75 Å². The maximum absolute atomic E-state index is 12.4. The van der Waals surface area contributed by atoms with E-state index in [1.54, 1.807) is 4.90 Å². The Balaban J connectivity index is 1.28. The molecule has 2 fully saturated rings. The highest BCUT2D eigenvalue weighted by Crippen LogP contribution is 2.25. The lowest BCUT2D eigenvalue weighted by atomic mass is 10.1. The molecular weight excluding hydrogens is 378 g/mol.